The lowest BCUT2D eigenvalue weighted by Gasteiger charge is -2.28. The molecule has 0 aromatic rings. The average molecular weight is 427 g/mol. The second-order valence-electron chi connectivity index (χ2n) is 7.24. The molecular weight excluding hydrogens is 398 g/mol. The van der Waals surface area contributed by atoms with Crippen LogP contribution in [0.3, 0.4) is 0 Å². The van der Waals surface area contributed by atoms with Crippen LogP contribution in [-0.2, 0) is 23.8 Å². The third-order valence-electron chi connectivity index (χ3n) is 3.84. The smallest absolute Gasteiger partial charge is 0.433 e. The van der Waals surface area contributed by atoms with E-state index in [2.05, 4.69) is 5.43 Å². The molecule has 1 fully saturated rings. The molecule has 1 heterocycles. The van der Waals surface area contributed by atoms with Crippen molar-refractivity contribution >= 4 is 29.8 Å². The van der Waals surface area contributed by atoms with Crippen LogP contribution in [0, 0.1) is 5.92 Å². The number of cyclic esters (lactones) is 1. The van der Waals surface area contributed by atoms with Crippen molar-refractivity contribution in [3.05, 3.63) is 11.9 Å². The Bertz CT molecular complexity index is 703. The fraction of sp³-hybridized carbons (Fsp3) is 0.632. The van der Waals surface area contributed by atoms with Crippen LogP contribution in [0.15, 0.2) is 11.9 Å². The number of rotatable bonds is 8. The minimum Gasteiger partial charge on any atom is -0.447 e. The normalized spacial score (nSPS) is 14.1. The van der Waals surface area contributed by atoms with Crippen LogP contribution >= 0.6 is 0 Å². The van der Waals surface area contributed by atoms with E-state index >= 15 is 0 Å². The Morgan fingerprint density at radius 3 is 2.10 bits per heavy atom. The zero-order valence-electron chi connectivity index (χ0n) is 18.1. The molecule has 0 bridgehead atoms. The third kappa shape index (κ3) is 7.72. The highest BCUT2D eigenvalue weighted by Gasteiger charge is 2.31. The predicted molar refractivity (Wildman–Crippen MR) is 104 cm³/mol. The summed E-state index contributed by atoms with van der Waals surface area (Å²) in [6.45, 7) is 9.26. The van der Waals surface area contributed by atoms with Gasteiger partial charge in [0, 0.05) is 12.6 Å². The summed E-state index contributed by atoms with van der Waals surface area (Å²) in [4.78, 5) is 61.8. The summed E-state index contributed by atoms with van der Waals surface area (Å²) in [5.41, 5.74) is 2.24. The van der Waals surface area contributed by atoms with Crippen LogP contribution in [0.4, 0.5) is 14.4 Å². The molecule has 168 valence electrons. The predicted octanol–water partition coefficient (Wildman–Crippen LogP) is 2.36. The van der Waals surface area contributed by atoms with E-state index in [1.807, 2.05) is 0 Å². The van der Waals surface area contributed by atoms with Gasteiger partial charge in [-0.2, -0.15) is 5.01 Å². The number of ketones is 2. The molecule has 30 heavy (non-hydrogen) atoms. The van der Waals surface area contributed by atoms with Gasteiger partial charge in [0.15, 0.2) is 0 Å². The summed E-state index contributed by atoms with van der Waals surface area (Å²) in [7, 11) is 0. The average Bonchev–Trinajstić information content (AvgIpc) is 2.99. The van der Waals surface area contributed by atoms with Gasteiger partial charge in [-0.05, 0) is 41.5 Å². The molecule has 11 nitrogen and oxygen atoms in total. The Balaban J connectivity index is 3.36. The van der Waals surface area contributed by atoms with Crippen molar-refractivity contribution in [2.24, 2.45) is 5.92 Å². The number of amides is 3. The van der Waals surface area contributed by atoms with E-state index in [0.29, 0.717) is 0 Å². The lowest BCUT2D eigenvalue weighted by atomic mass is 9.95. The molecule has 0 unspecified atom stereocenters. The Labute approximate surface area is 175 Å². The fourth-order valence-electron chi connectivity index (χ4n) is 2.51. The monoisotopic (exact) mass is 427 g/mol. The van der Waals surface area contributed by atoms with Crippen LogP contribution in [0.1, 0.15) is 48.0 Å². The Kier molecular flexibility index (Phi) is 9.28. The number of ether oxygens (including phenoxy) is 3. The van der Waals surface area contributed by atoms with Crippen molar-refractivity contribution in [2.45, 2.75) is 60.2 Å². The van der Waals surface area contributed by atoms with E-state index < -0.39 is 48.0 Å². The van der Waals surface area contributed by atoms with E-state index in [1.54, 1.807) is 27.7 Å². The molecular formula is C19H29N3O8. The van der Waals surface area contributed by atoms with Crippen molar-refractivity contribution in [3.8, 4) is 0 Å². The number of nitrogens with zero attached hydrogens (tertiary/aromatic N) is 2. The molecule has 3 amide bonds. The van der Waals surface area contributed by atoms with E-state index in [-0.39, 0.29) is 25.3 Å². The largest absolute Gasteiger partial charge is 0.447 e. The van der Waals surface area contributed by atoms with Crippen LogP contribution in [0.25, 0.3) is 0 Å². The van der Waals surface area contributed by atoms with Crippen molar-refractivity contribution in [1.29, 1.82) is 0 Å². The number of hydrazine groups is 1. The highest BCUT2D eigenvalue weighted by Crippen LogP contribution is 2.21. The van der Waals surface area contributed by atoms with E-state index in [9.17, 15) is 24.0 Å². The van der Waals surface area contributed by atoms with Gasteiger partial charge in [-0.1, -0.05) is 0 Å². The van der Waals surface area contributed by atoms with Crippen LogP contribution in [0.2, 0.25) is 0 Å². The first-order chi connectivity index (χ1) is 13.9. The molecule has 0 spiro atoms. The number of carbonyl (C=O) groups excluding carboxylic acids is 5. The second-order valence-corrected chi connectivity index (χ2v) is 7.24. The van der Waals surface area contributed by atoms with Gasteiger partial charge in [-0.25, -0.2) is 19.8 Å². The first-order valence-corrected chi connectivity index (χ1v) is 9.55. The molecule has 0 aromatic heterocycles. The van der Waals surface area contributed by atoms with Crippen LogP contribution in [-0.4, -0.2) is 65.1 Å². The zero-order chi connectivity index (χ0) is 23.0. The number of hydrogen-bond acceptors (Lipinski definition) is 8. The molecule has 1 aliphatic rings. The maximum absolute atomic E-state index is 12.7. The van der Waals surface area contributed by atoms with Gasteiger partial charge in [-0.15, -0.1) is 0 Å². The maximum atomic E-state index is 12.7. The first kappa shape index (κ1) is 24.9. The summed E-state index contributed by atoms with van der Waals surface area (Å²) in [6.07, 6.45) is -2.63. The number of hydrogen-bond donors (Lipinski definition) is 1. The van der Waals surface area contributed by atoms with Gasteiger partial charge >= 0.3 is 18.3 Å². The minimum atomic E-state index is -1.09. The Morgan fingerprint density at radius 1 is 1.10 bits per heavy atom. The molecule has 0 atom stereocenters. The van der Waals surface area contributed by atoms with E-state index in [0.717, 1.165) is 9.91 Å². The SMILES string of the molecule is CC(=O)C(C/C(=C\N1CCOC1=O)N(NC(=O)OC(C)C)C(=O)OC(C)C)C(C)=O. The summed E-state index contributed by atoms with van der Waals surface area (Å²) >= 11 is 0. The minimum absolute atomic E-state index is 0.0180. The number of carbonyl (C=O) groups is 5. The molecule has 1 aliphatic heterocycles. The molecule has 0 radical (unpaired) electrons. The molecule has 0 saturated carbocycles. The fourth-order valence-corrected chi connectivity index (χ4v) is 2.51. The van der Waals surface area contributed by atoms with E-state index in [4.69, 9.17) is 14.2 Å². The maximum Gasteiger partial charge on any atom is 0.433 e. The molecule has 1 saturated heterocycles. The lowest BCUT2D eigenvalue weighted by Crippen LogP contribution is -2.48. The summed E-state index contributed by atoms with van der Waals surface area (Å²) in [5.74, 6) is -1.95. The quantitative estimate of drug-likeness (QED) is 0.355. The van der Waals surface area contributed by atoms with Gasteiger partial charge in [-0.3, -0.25) is 14.5 Å². The number of Topliss-reactive ketones (excluding diaryl/α,β-unsaturated/α-hetero) is 2. The Morgan fingerprint density at radius 2 is 1.67 bits per heavy atom. The Hall–Kier alpha value is -3.11. The van der Waals surface area contributed by atoms with Gasteiger partial charge in [0.1, 0.15) is 18.2 Å². The van der Waals surface area contributed by atoms with Crippen molar-refractivity contribution in [2.75, 3.05) is 13.2 Å². The molecule has 0 aliphatic carbocycles. The highest BCUT2D eigenvalue weighted by atomic mass is 16.6. The van der Waals surface area contributed by atoms with E-state index in [1.165, 1.54) is 20.0 Å². The van der Waals surface area contributed by atoms with Gasteiger partial charge in [0.2, 0.25) is 0 Å². The standard InChI is InChI=1S/C19H29N3O8/c1-11(2)29-17(25)20-22(19(27)30-12(3)4)15(9-16(13(5)23)14(6)24)10-21-7-8-28-18(21)26/h10-12,16H,7-9H2,1-6H3,(H,20,25)/b15-10+. The number of allylic oxidation sites excluding steroid dienone is 1. The number of nitrogens with one attached hydrogen (secondary N) is 1. The molecule has 1 N–H and O–H groups in total. The first-order valence-electron chi connectivity index (χ1n) is 9.55. The van der Waals surface area contributed by atoms with Gasteiger partial charge in [0.05, 0.1) is 30.4 Å². The van der Waals surface area contributed by atoms with Gasteiger partial charge in [0.25, 0.3) is 0 Å². The summed E-state index contributed by atoms with van der Waals surface area (Å²) in [5, 5.41) is 0.731. The van der Waals surface area contributed by atoms with Crippen molar-refractivity contribution in [1.82, 2.24) is 15.3 Å². The molecule has 1 rings (SSSR count). The van der Waals surface area contributed by atoms with Crippen LogP contribution < -0.4 is 5.43 Å². The van der Waals surface area contributed by atoms with Crippen molar-refractivity contribution in [3.63, 3.8) is 0 Å². The summed E-state index contributed by atoms with van der Waals surface area (Å²) in [6, 6.07) is 0. The second kappa shape index (κ2) is 11.2. The topological polar surface area (TPSA) is 132 Å². The van der Waals surface area contributed by atoms with Gasteiger partial charge < -0.3 is 14.2 Å². The third-order valence-corrected chi connectivity index (χ3v) is 3.84. The molecule has 11 heteroatoms. The lowest BCUT2D eigenvalue weighted by molar-refractivity contribution is -0.130. The van der Waals surface area contributed by atoms with Crippen molar-refractivity contribution < 1.29 is 38.2 Å². The zero-order valence-corrected chi connectivity index (χ0v) is 18.1. The molecule has 0 aromatic carbocycles. The summed E-state index contributed by atoms with van der Waals surface area (Å²) < 4.78 is 15.0. The highest BCUT2D eigenvalue weighted by molar-refractivity contribution is 6.00. The van der Waals surface area contributed by atoms with Crippen LogP contribution in [0.5, 0.6) is 0 Å².